The van der Waals surface area contributed by atoms with Gasteiger partial charge in [0.2, 0.25) is 10.0 Å². The first-order valence-corrected chi connectivity index (χ1v) is 14.5. The van der Waals surface area contributed by atoms with E-state index in [1.807, 2.05) is 26.0 Å². The van der Waals surface area contributed by atoms with Crippen LogP contribution in [0.2, 0.25) is 0 Å². The number of ether oxygens (including phenoxy) is 2. The molecule has 3 rings (SSSR count). The fraction of sp³-hybridized carbons (Fsp3) is 0.520. The lowest BCUT2D eigenvalue weighted by atomic mass is 9.72. The number of ketones is 1. The van der Waals surface area contributed by atoms with Crippen LogP contribution in [0.4, 0.5) is 0 Å². The number of sulfonamides is 1. The van der Waals surface area contributed by atoms with Gasteiger partial charge >= 0.3 is 0 Å². The first-order valence-electron chi connectivity index (χ1n) is 11.8. The predicted octanol–water partition coefficient (Wildman–Crippen LogP) is 4.29. The van der Waals surface area contributed by atoms with Crippen molar-refractivity contribution in [2.75, 3.05) is 26.0 Å². The van der Waals surface area contributed by atoms with Crippen molar-refractivity contribution < 1.29 is 22.7 Å². The number of dihydropyridines is 1. The third-order valence-corrected chi connectivity index (χ3v) is 7.42. The van der Waals surface area contributed by atoms with Crippen LogP contribution < -0.4 is 19.5 Å². The molecule has 1 aromatic rings. The van der Waals surface area contributed by atoms with E-state index in [9.17, 15) is 18.5 Å². The average molecular weight is 567 g/mol. The van der Waals surface area contributed by atoms with Crippen LogP contribution in [-0.2, 0) is 14.8 Å². The zero-order chi connectivity index (χ0) is 25.8. The maximum Gasteiger partial charge on any atom is 0.208 e. The topological polar surface area (TPSA) is 118 Å². The van der Waals surface area contributed by atoms with E-state index < -0.39 is 15.9 Å². The molecular formula is C25H32BrN3O5S. The summed E-state index contributed by atoms with van der Waals surface area (Å²) >= 11 is 3.56. The van der Waals surface area contributed by atoms with Gasteiger partial charge in [0.15, 0.2) is 17.3 Å². The lowest BCUT2D eigenvalue weighted by Crippen LogP contribution is -2.34. The molecule has 35 heavy (non-hydrogen) atoms. The van der Waals surface area contributed by atoms with E-state index >= 15 is 0 Å². The second kappa shape index (κ2) is 11.6. The number of nitrogens with one attached hydrogen (secondary N) is 2. The highest BCUT2D eigenvalue weighted by Crippen LogP contribution is 2.47. The number of nitriles is 1. The Morgan fingerprint density at radius 2 is 2.00 bits per heavy atom. The molecule has 0 aromatic heterocycles. The van der Waals surface area contributed by atoms with Gasteiger partial charge in [-0.3, -0.25) is 4.79 Å². The van der Waals surface area contributed by atoms with Crippen LogP contribution in [0.1, 0.15) is 57.9 Å². The van der Waals surface area contributed by atoms with Crippen molar-refractivity contribution in [3.63, 3.8) is 0 Å². The highest BCUT2D eigenvalue weighted by molar-refractivity contribution is 9.10. The number of Topliss-reactive ketones (excluding diaryl/α,β-unsaturated/α-hetero) is 1. The Morgan fingerprint density at radius 3 is 2.63 bits per heavy atom. The molecule has 10 heteroatoms. The number of allylic oxidation sites excluding steroid dienone is 4. The molecule has 0 bridgehead atoms. The number of carbonyl (C=O) groups excluding carboxylic acids is 1. The lowest BCUT2D eigenvalue weighted by Gasteiger charge is -2.35. The largest absolute Gasteiger partial charge is 0.490 e. The van der Waals surface area contributed by atoms with Gasteiger partial charge in [-0.2, -0.15) is 5.26 Å². The monoisotopic (exact) mass is 565 g/mol. The summed E-state index contributed by atoms with van der Waals surface area (Å²) in [6.07, 6.45) is 4.37. The van der Waals surface area contributed by atoms with Crippen LogP contribution in [0.5, 0.6) is 11.5 Å². The zero-order valence-corrected chi connectivity index (χ0v) is 22.9. The summed E-state index contributed by atoms with van der Waals surface area (Å²) < 4.78 is 37.3. The third kappa shape index (κ3) is 6.46. The Balaban J connectivity index is 2.01. The number of benzene rings is 1. The van der Waals surface area contributed by atoms with Gasteiger partial charge < -0.3 is 14.8 Å². The lowest BCUT2D eigenvalue weighted by molar-refractivity contribution is -0.117. The van der Waals surface area contributed by atoms with Gasteiger partial charge in [0.1, 0.15) is 6.61 Å². The molecule has 190 valence electrons. The van der Waals surface area contributed by atoms with E-state index in [-0.39, 0.29) is 18.9 Å². The molecule has 0 radical (unpaired) electrons. The van der Waals surface area contributed by atoms with Gasteiger partial charge in [-0.1, -0.05) is 13.3 Å². The second-order valence-electron chi connectivity index (χ2n) is 8.86. The van der Waals surface area contributed by atoms with E-state index in [4.69, 9.17) is 9.47 Å². The normalized spacial score (nSPS) is 20.3. The van der Waals surface area contributed by atoms with Crippen LogP contribution in [0, 0.1) is 17.2 Å². The minimum absolute atomic E-state index is 0.0729. The van der Waals surface area contributed by atoms with E-state index in [1.54, 1.807) is 0 Å². The van der Waals surface area contributed by atoms with Crippen LogP contribution in [-0.4, -0.2) is 40.2 Å². The van der Waals surface area contributed by atoms with Gasteiger partial charge in [0.05, 0.1) is 34.9 Å². The van der Waals surface area contributed by atoms with Crippen LogP contribution in [0.25, 0.3) is 0 Å². The third-order valence-electron chi connectivity index (χ3n) is 6.11. The second-order valence-corrected chi connectivity index (χ2v) is 11.6. The Labute approximate surface area is 215 Å². The standard InChI is InChI=1S/C25H32BrN3O5S/c1-5-7-16-10-20-24(21(30)11-16)23(18(14-27)15(3)29-20)17-12-19(26)25(22(13-17)33-6-2)34-9-8-28-35(4,31)32/h12-13,16,23,28-29H,5-11H2,1-4H3. The van der Waals surface area contributed by atoms with Crippen molar-refractivity contribution in [1.29, 1.82) is 5.26 Å². The van der Waals surface area contributed by atoms with Crippen LogP contribution in [0.3, 0.4) is 0 Å². The van der Waals surface area contributed by atoms with Crippen LogP contribution >= 0.6 is 15.9 Å². The molecule has 2 atom stereocenters. The molecule has 1 aromatic carbocycles. The van der Waals surface area contributed by atoms with Crippen molar-refractivity contribution in [3.05, 3.63) is 44.7 Å². The van der Waals surface area contributed by atoms with Gasteiger partial charge in [-0.15, -0.1) is 0 Å². The number of rotatable bonds is 10. The van der Waals surface area contributed by atoms with Crippen molar-refractivity contribution in [2.45, 2.75) is 52.4 Å². The first kappa shape index (κ1) is 27.2. The molecule has 1 aliphatic carbocycles. The quantitative estimate of drug-likeness (QED) is 0.406. The SMILES string of the molecule is CCCC1CC(=O)C2=C(C1)NC(C)=C(C#N)C2c1cc(Br)c(OCCNS(C)(=O)=O)c(OCC)c1. The van der Waals surface area contributed by atoms with Crippen LogP contribution in [0.15, 0.2) is 39.1 Å². The van der Waals surface area contributed by atoms with Crippen molar-refractivity contribution in [1.82, 2.24) is 10.0 Å². The summed E-state index contributed by atoms with van der Waals surface area (Å²) in [5.41, 5.74) is 3.57. The molecule has 1 aliphatic heterocycles. The average Bonchev–Trinajstić information content (AvgIpc) is 2.76. The smallest absolute Gasteiger partial charge is 0.208 e. The Bertz CT molecular complexity index is 1200. The van der Waals surface area contributed by atoms with Crippen molar-refractivity contribution >= 4 is 31.7 Å². The maximum absolute atomic E-state index is 13.3. The van der Waals surface area contributed by atoms with E-state index in [2.05, 4.69) is 39.0 Å². The van der Waals surface area contributed by atoms with Gasteiger partial charge in [0, 0.05) is 29.9 Å². The zero-order valence-electron chi connectivity index (χ0n) is 20.5. The van der Waals surface area contributed by atoms with E-state index in [0.717, 1.165) is 42.5 Å². The van der Waals surface area contributed by atoms with E-state index in [0.29, 0.717) is 46.1 Å². The van der Waals surface area contributed by atoms with Crippen molar-refractivity contribution in [2.24, 2.45) is 5.92 Å². The number of hydrogen-bond donors (Lipinski definition) is 2. The van der Waals surface area contributed by atoms with E-state index in [1.165, 1.54) is 0 Å². The maximum atomic E-state index is 13.3. The Kier molecular flexibility index (Phi) is 9.02. The molecule has 0 fully saturated rings. The number of carbonyl (C=O) groups is 1. The fourth-order valence-corrected chi connectivity index (χ4v) is 5.78. The van der Waals surface area contributed by atoms with Crippen molar-refractivity contribution in [3.8, 4) is 17.6 Å². The minimum atomic E-state index is -3.32. The Morgan fingerprint density at radius 1 is 1.26 bits per heavy atom. The number of halogens is 1. The first-order chi connectivity index (χ1) is 16.6. The predicted molar refractivity (Wildman–Crippen MR) is 138 cm³/mol. The molecule has 0 amide bonds. The molecule has 2 unspecified atom stereocenters. The molecule has 8 nitrogen and oxygen atoms in total. The van der Waals surface area contributed by atoms with Gasteiger partial charge in [0.25, 0.3) is 0 Å². The molecule has 0 saturated carbocycles. The summed E-state index contributed by atoms with van der Waals surface area (Å²) in [5, 5.41) is 13.3. The molecule has 2 aliphatic rings. The van der Waals surface area contributed by atoms with Gasteiger partial charge in [-0.25, -0.2) is 13.1 Å². The number of hydrogen-bond acceptors (Lipinski definition) is 7. The summed E-state index contributed by atoms with van der Waals surface area (Å²) in [6.45, 7) is 6.44. The molecule has 0 saturated heterocycles. The summed E-state index contributed by atoms with van der Waals surface area (Å²) in [5.74, 6) is 0.773. The minimum Gasteiger partial charge on any atom is -0.490 e. The molecule has 2 N–H and O–H groups in total. The summed E-state index contributed by atoms with van der Waals surface area (Å²) in [4.78, 5) is 13.3. The summed E-state index contributed by atoms with van der Waals surface area (Å²) in [6, 6.07) is 5.97. The highest BCUT2D eigenvalue weighted by Gasteiger charge is 2.39. The molecule has 1 heterocycles. The Hall–Kier alpha value is -2.35. The molecule has 0 spiro atoms. The van der Waals surface area contributed by atoms with Gasteiger partial charge in [-0.05, 0) is 66.2 Å². The number of nitrogens with zero attached hydrogens (tertiary/aromatic N) is 1. The fourth-order valence-electron chi connectivity index (χ4n) is 4.75. The highest BCUT2D eigenvalue weighted by atomic mass is 79.9. The molecular weight excluding hydrogens is 534 g/mol. The summed E-state index contributed by atoms with van der Waals surface area (Å²) in [7, 11) is -3.32.